The summed E-state index contributed by atoms with van der Waals surface area (Å²) in [5, 5.41) is 8.42. The standard InChI is InChI=1S/C27H36N2/c1-3-5-7-23-12-16-26(17-13-23)27-18-14-25(15-19-27)21-29-28-20-24-10-8-22(6-4-2)9-11-24/h8-11,14-15,18-21,23,26H,3-7,12-13,16-17H2,1-2H3/b28-20+,29-21+. The van der Waals surface area contributed by atoms with Crippen molar-refractivity contribution in [1.29, 1.82) is 0 Å². The van der Waals surface area contributed by atoms with Crippen molar-refractivity contribution in [2.45, 2.75) is 77.6 Å². The topological polar surface area (TPSA) is 24.7 Å². The van der Waals surface area contributed by atoms with E-state index in [1.165, 1.54) is 62.5 Å². The van der Waals surface area contributed by atoms with E-state index in [1.807, 2.05) is 12.4 Å². The molecule has 0 spiro atoms. The van der Waals surface area contributed by atoms with Crippen molar-refractivity contribution in [3.05, 3.63) is 70.8 Å². The summed E-state index contributed by atoms with van der Waals surface area (Å²) in [6.45, 7) is 4.50. The second kappa shape index (κ2) is 11.7. The lowest BCUT2D eigenvalue weighted by Crippen LogP contribution is -2.13. The van der Waals surface area contributed by atoms with Gasteiger partial charge in [-0.15, -0.1) is 0 Å². The smallest absolute Gasteiger partial charge is 0.0568 e. The molecule has 0 atom stereocenters. The summed E-state index contributed by atoms with van der Waals surface area (Å²) < 4.78 is 0. The van der Waals surface area contributed by atoms with E-state index in [1.54, 1.807) is 0 Å². The van der Waals surface area contributed by atoms with Crippen LogP contribution in [0.1, 0.15) is 93.4 Å². The Morgan fingerprint density at radius 3 is 1.90 bits per heavy atom. The van der Waals surface area contributed by atoms with Crippen molar-refractivity contribution in [2.75, 3.05) is 0 Å². The molecule has 0 N–H and O–H groups in total. The number of benzene rings is 2. The Bertz CT molecular complexity index is 763. The lowest BCUT2D eigenvalue weighted by Gasteiger charge is -2.28. The summed E-state index contributed by atoms with van der Waals surface area (Å²) in [4.78, 5) is 0. The van der Waals surface area contributed by atoms with Gasteiger partial charge >= 0.3 is 0 Å². The highest BCUT2D eigenvalue weighted by Crippen LogP contribution is 2.37. The minimum Gasteiger partial charge on any atom is -0.159 e. The van der Waals surface area contributed by atoms with E-state index >= 15 is 0 Å². The molecule has 0 unspecified atom stereocenters. The molecule has 2 heteroatoms. The first-order chi connectivity index (χ1) is 14.3. The summed E-state index contributed by atoms with van der Waals surface area (Å²) >= 11 is 0. The molecule has 0 bridgehead atoms. The third kappa shape index (κ3) is 6.96. The van der Waals surface area contributed by atoms with Gasteiger partial charge in [0.25, 0.3) is 0 Å². The first-order valence-corrected chi connectivity index (χ1v) is 11.5. The number of hydrogen-bond donors (Lipinski definition) is 0. The molecule has 1 aliphatic rings. The van der Waals surface area contributed by atoms with Crippen LogP contribution in [0.5, 0.6) is 0 Å². The van der Waals surface area contributed by atoms with E-state index in [0.29, 0.717) is 0 Å². The van der Waals surface area contributed by atoms with E-state index in [9.17, 15) is 0 Å². The van der Waals surface area contributed by atoms with Crippen LogP contribution in [0.25, 0.3) is 0 Å². The van der Waals surface area contributed by atoms with Gasteiger partial charge in [-0.3, -0.25) is 0 Å². The third-order valence-electron chi connectivity index (χ3n) is 6.22. The molecule has 154 valence electrons. The van der Waals surface area contributed by atoms with Crippen LogP contribution in [0.3, 0.4) is 0 Å². The van der Waals surface area contributed by atoms with Crippen LogP contribution < -0.4 is 0 Å². The Balaban J connectivity index is 1.47. The zero-order valence-electron chi connectivity index (χ0n) is 18.2. The number of rotatable bonds is 9. The van der Waals surface area contributed by atoms with E-state index in [4.69, 9.17) is 0 Å². The predicted octanol–water partition coefficient (Wildman–Crippen LogP) is 7.56. The molecule has 0 aliphatic heterocycles. The summed E-state index contributed by atoms with van der Waals surface area (Å²) in [5.74, 6) is 1.71. The molecule has 0 heterocycles. The molecular formula is C27H36N2. The highest BCUT2D eigenvalue weighted by molar-refractivity contribution is 5.82. The molecule has 0 aromatic heterocycles. The maximum absolute atomic E-state index is 4.22. The van der Waals surface area contributed by atoms with Crippen molar-refractivity contribution in [1.82, 2.24) is 0 Å². The molecule has 29 heavy (non-hydrogen) atoms. The average molecular weight is 389 g/mol. The summed E-state index contributed by atoms with van der Waals surface area (Å²) in [6, 6.07) is 17.5. The molecule has 2 aromatic carbocycles. The van der Waals surface area contributed by atoms with Crippen LogP contribution in [-0.2, 0) is 6.42 Å². The average Bonchev–Trinajstić information content (AvgIpc) is 2.77. The normalized spacial score (nSPS) is 19.9. The molecule has 0 amide bonds. The molecule has 0 radical (unpaired) electrons. The minimum absolute atomic E-state index is 0.743. The van der Waals surface area contributed by atoms with E-state index in [0.717, 1.165) is 29.4 Å². The summed E-state index contributed by atoms with van der Waals surface area (Å²) in [7, 11) is 0. The number of nitrogens with zero attached hydrogens (tertiary/aromatic N) is 2. The van der Waals surface area contributed by atoms with Gasteiger partial charge in [0.15, 0.2) is 0 Å². The fourth-order valence-corrected chi connectivity index (χ4v) is 4.39. The van der Waals surface area contributed by atoms with Crippen LogP contribution in [0.15, 0.2) is 58.7 Å². The van der Waals surface area contributed by atoms with E-state index < -0.39 is 0 Å². The number of unbranched alkanes of at least 4 members (excludes halogenated alkanes) is 1. The molecule has 1 aliphatic carbocycles. The number of hydrogen-bond acceptors (Lipinski definition) is 2. The fourth-order valence-electron chi connectivity index (χ4n) is 4.39. The van der Waals surface area contributed by atoms with Gasteiger partial charge in [-0.2, -0.15) is 10.2 Å². The van der Waals surface area contributed by atoms with Gasteiger partial charge in [-0.1, -0.05) is 88.1 Å². The largest absolute Gasteiger partial charge is 0.159 e. The van der Waals surface area contributed by atoms with Crippen LogP contribution in [-0.4, -0.2) is 12.4 Å². The molecule has 2 aromatic rings. The van der Waals surface area contributed by atoms with Crippen molar-refractivity contribution in [3.8, 4) is 0 Å². The van der Waals surface area contributed by atoms with E-state index in [-0.39, 0.29) is 0 Å². The second-order valence-electron chi connectivity index (χ2n) is 8.51. The van der Waals surface area contributed by atoms with Crippen LogP contribution in [0.4, 0.5) is 0 Å². The molecule has 2 nitrogen and oxygen atoms in total. The first kappa shape index (κ1) is 21.5. The Morgan fingerprint density at radius 2 is 1.34 bits per heavy atom. The quantitative estimate of drug-likeness (QED) is 0.313. The zero-order valence-corrected chi connectivity index (χ0v) is 18.2. The maximum atomic E-state index is 4.22. The highest BCUT2D eigenvalue weighted by atomic mass is 15.2. The van der Waals surface area contributed by atoms with Crippen molar-refractivity contribution in [2.24, 2.45) is 16.1 Å². The second-order valence-corrected chi connectivity index (χ2v) is 8.51. The van der Waals surface area contributed by atoms with Gasteiger partial charge in [0.05, 0.1) is 12.4 Å². The maximum Gasteiger partial charge on any atom is 0.0568 e. The van der Waals surface area contributed by atoms with Crippen LogP contribution >= 0.6 is 0 Å². The number of aryl methyl sites for hydroxylation is 1. The predicted molar refractivity (Wildman–Crippen MR) is 126 cm³/mol. The highest BCUT2D eigenvalue weighted by Gasteiger charge is 2.21. The molecule has 3 rings (SSSR count). The lowest BCUT2D eigenvalue weighted by molar-refractivity contribution is 0.304. The van der Waals surface area contributed by atoms with Crippen molar-refractivity contribution in [3.63, 3.8) is 0 Å². The van der Waals surface area contributed by atoms with Gasteiger partial charge < -0.3 is 0 Å². The Hall–Kier alpha value is -2.22. The first-order valence-electron chi connectivity index (χ1n) is 11.5. The lowest BCUT2D eigenvalue weighted by atomic mass is 9.77. The third-order valence-corrected chi connectivity index (χ3v) is 6.22. The van der Waals surface area contributed by atoms with E-state index in [2.05, 4.69) is 72.6 Å². The van der Waals surface area contributed by atoms with Crippen LogP contribution in [0.2, 0.25) is 0 Å². The Labute approximate surface area is 177 Å². The minimum atomic E-state index is 0.743. The SMILES string of the molecule is CCCCC1CCC(c2ccc(/C=N/N=C/c3ccc(CCC)cc3)cc2)CC1. The molecule has 0 saturated heterocycles. The molecule has 1 fully saturated rings. The summed E-state index contributed by atoms with van der Waals surface area (Å²) in [5.41, 5.74) is 5.07. The zero-order chi connectivity index (χ0) is 20.3. The monoisotopic (exact) mass is 388 g/mol. The van der Waals surface area contributed by atoms with Gasteiger partial charge in [-0.05, 0) is 66.2 Å². The molecule has 1 saturated carbocycles. The Kier molecular flexibility index (Phi) is 8.67. The van der Waals surface area contributed by atoms with Gasteiger partial charge in [0, 0.05) is 0 Å². The van der Waals surface area contributed by atoms with Gasteiger partial charge in [-0.25, -0.2) is 0 Å². The van der Waals surface area contributed by atoms with Gasteiger partial charge in [0.1, 0.15) is 0 Å². The van der Waals surface area contributed by atoms with Crippen molar-refractivity contribution >= 4 is 12.4 Å². The van der Waals surface area contributed by atoms with Crippen LogP contribution in [0, 0.1) is 5.92 Å². The van der Waals surface area contributed by atoms with Gasteiger partial charge in [0.2, 0.25) is 0 Å². The fraction of sp³-hybridized carbons (Fsp3) is 0.481. The molecular weight excluding hydrogens is 352 g/mol. The summed E-state index contributed by atoms with van der Waals surface area (Å²) in [6.07, 6.45) is 15.6. The van der Waals surface area contributed by atoms with Crippen molar-refractivity contribution < 1.29 is 0 Å². The Morgan fingerprint density at radius 1 is 0.759 bits per heavy atom.